The molecule has 3 aromatic rings. The van der Waals surface area contributed by atoms with Crippen molar-refractivity contribution in [2.75, 3.05) is 6.61 Å². The van der Waals surface area contributed by atoms with Crippen molar-refractivity contribution in [3.8, 4) is 34.5 Å². The third-order valence-corrected chi connectivity index (χ3v) is 3.66. The average Bonchev–Trinajstić information content (AvgIpc) is 3.15. The van der Waals surface area contributed by atoms with Crippen LogP contribution in [0.5, 0.6) is 11.5 Å². The molecular weight excluding hydrogens is 338 g/mol. The highest BCUT2D eigenvalue weighted by Gasteiger charge is 2.21. The summed E-state index contributed by atoms with van der Waals surface area (Å²) in [6.07, 6.45) is 3.40. The van der Waals surface area contributed by atoms with Crippen molar-refractivity contribution in [3.05, 3.63) is 54.9 Å². The lowest BCUT2D eigenvalue weighted by atomic mass is 9.99. The topological polar surface area (TPSA) is 119 Å². The lowest BCUT2D eigenvalue weighted by Gasteiger charge is -2.09. The fourth-order valence-corrected chi connectivity index (χ4v) is 2.40. The molecule has 2 N–H and O–H groups in total. The van der Waals surface area contributed by atoms with Crippen LogP contribution in [0.2, 0.25) is 0 Å². The Morgan fingerprint density at radius 2 is 2.19 bits per heavy atom. The first kappa shape index (κ1) is 17.3. The number of aliphatic hydroxyl groups excluding tert-OH is 1. The number of carbonyl (C=O) groups excluding carboxylic acids is 1. The molecule has 132 valence electrons. The van der Waals surface area contributed by atoms with Gasteiger partial charge in [0.05, 0.1) is 24.4 Å². The maximum absolute atomic E-state index is 11.2. The van der Waals surface area contributed by atoms with Crippen LogP contribution >= 0.6 is 0 Å². The fraction of sp³-hybridized carbons (Fsp3) is 0.111. The Hall–Kier alpha value is -3.52. The van der Waals surface area contributed by atoms with E-state index in [1.54, 1.807) is 18.2 Å². The van der Waals surface area contributed by atoms with Gasteiger partial charge in [-0.1, -0.05) is 17.8 Å². The molecule has 0 saturated carbocycles. The summed E-state index contributed by atoms with van der Waals surface area (Å²) < 4.78 is 10.4. The number of rotatable bonds is 7. The zero-order chi connectivity index (χ0) is 18.5. The predicted octanol–water partition coefficient (Wildman–Crippen LogP) is 2.30. The Balaban J connectivity index is 2.03. The number of aromatic hydroxyl groups is 1. The van der Waals surface area contributed by atoms with E-state index in [1.807, 2.05) is 0 Å². The number of pyridine rings is 1. The number of aliphatic hydroxyl groups is 1. The SMILES string of the molecule is C=COc1ccc(O)c(-c2nc(-c3ncccc3C(C=O)CO)no2)c1. The summed E-state index contributed by atoms with van der Waals surface area (Å²) in [5, 5.41) is 23.3. The number of nitrogens with zero attached hydrogens (tertiary/aromatic N) is 3. The van der Waals surface area contributed by atoms with Crippen LogP contribution in [0.25, 0.3) is 23.0 Å². The number of aldehydes is 1. The number of hydrogen-bond donors (Lipinski definition) is 2. The van der Waals surface area contributed by atoms with E-state index in [-0.39, 0.29) is 29.6 Å². The highest BCUT2D eigenvalue weighted by molar-refractivity contribution is 5.70. The Bertz CT molecular complexity index is 938. The van der Waals surface area contributed by atoms with E-state index in [4.69, 9.17) is 9.26 Å². The molecule has 26 heavy (non-hydrogen) atoms. The molecule has 0 aliphatic carbocycles. The number of carbonyl (C=O) groups is 1. The van der Waals surface area contributed by atoms with Crippen molar-refractivity contribution in [1.29, 1.82) is 0 Å². The second-order valence-electron chi connectivity index (χ2n) is 5.25. The number of phenols is 1. The van der Waals surface area contributed by atoms with Crippen molar-refractivity contribution in [2.45, 2.75) is 5.92 Å². The number of aromatic nitrogens is 3. The molecule has 2 aromatic heterocycles. The van der Waals surface area contributed by atoms with Crippen molar-refractivity contribution < 1.29 is 24.3 Å². The van der Waals surface area contributed by atoms with Crippen molar-refractivity contribution in [2.24, 2.45) is 0 Å². The lowest BCUT2D eigenvalue weighted by molar-refractivity contribution is -0.109. The smallest absolute Gasteiger partial charge is 0.262 e. The summed E-state index contributed by atoms with van der Waals surface area (Å²) in [5.74, 6) is -0.203. The molecule has 0 bridgehead atoms. The summed E-state index contributed by atoms with van der Waals surface area (Å²) in [4.78, 5) is 19.6. The Morgan fingerprint density at radius 3 is 2.92 bits per heavy atom. The van der Waals surface area contributed by atoms with Crippen LogP contribution in [0.4, 0.5) is 0 Å². The molecule has 2 heterocycles. The van der Waals surface area contributed by atoms with E-state index in [9.17, 15) is 15.0 Å². The van der Waals surface area contributed by atoms with Gasteiger partial charge in [-0.05, 0) is 29.8 Å². The Morgan fingerprint density at radius 1 is 1.35 bits per heavy atom. The van der Waals surface area contributed by atoms with Gasteiger partial charge in [-0.2, -0.15) is 4.98 Å². The zero-order valence-corrected chi connectivity index (χ0v) is 13.6. The van der Waals surface area contributed by atoms with Crippen LogP contribution in [0, 0.1) is 0 Å². The number of phenolic OH excluding ortho intramolecular Hbond substituents is 1. The van der Waals surface area contributed by atoms with Gasteiger partial charge < -0.3 is 24.3 Å². The molecule has 8 nitrogen and oxygen atoms in total. The molecule has 8 heteroatoms. The van der Waals surface area contributed by atoms with Crippen LogP contribution in [-0.4, -0.2) is 38.2 Å². The molecule has 0 saturated heterocycles. The molecule has 0 fully saturated rings. The summed E-state index contributed by atoms with van der Waals surface area (Å²) in [6, 6.07) is 7.82. The number of benzene rings is 1. The van der Waals surface area contributed by atoms with Crippen LogP contribution in [0.15, 0.2) is 53.9 Å². The number of hydrogen-bond acceptors (Lipinski definition) is 8. The highest BCUT2D eigenvalue weighted by atomic mass is 16.5. The molecule has 3 rings (SSSR count). The molecule has 0 aliphatic heterocycles. The molecule has 0 amide bonds. The summed E-state index contributed by atoms with van der Waals surface area (Å²) in [5.41, 5.74) is 1.06. The average molecular weight is 353 g/mol. The molecular formula is C18H15N3O5. The van der Waals surface area contributed by atoms with Gasteiger partial charge in [0, 0.05) is 6.20 Å². The third kappa shape index (κ3) is 3.31. The highest BCUT2D eigenvalue weighted by Crippen LogP contribution is 2.33. The normalized spacial score (nSPS) is 11.7. The fourth-order valence-electron chi connectivity index (χ4n) is 2.40. The van der Waals surface area contributed by atoms with Gasteiger partial charge in [-0.25, -0.2) is 0 Å². The van der Waals surface area contributed by atoms with E-state index < -0.39 is 5.92 Å². The van der Waals surface area contributed by atoms with Gasteiger partial charge in [0.25, 0.3) is 5.89 Å². The van der Waals surface area contributed by atoms with Crippen LogP contribution in [-0.2, 0) is 4.79 Å². The van der Waals surface area contributed by atoms with Gasteiger partial charge in [-0.15, -0.1) is 0 Å². The molecule has 0 spiro atoms. The van der Waals surface area contributed by atoms with E-state index in [1.165, 1.54) is 24.6 Å². The zero-order valence-electron chi connectivity index (χ0n) is 13.6. The van der Waals surface area contributed by atoms with Crippen molar-refractivity contribution >= 4 is 6.29 Å². The molecule has 0 radical (unpaired) electrons. The van der Waals surface area contributed by atoms with Gasteiger partial charge in [0.2, 0.25) is 5.82 Å². The monoisotopic (exact) mass is 353 g/mol. The quantitative estimate of drug-likeness (QED) is 0.490. The van der Waals surface area contributed by atoms with E-state index in [2.05, 4.69) is 21.7 Å². The van der Waals surface area contributed by atoms with Gasteiger partial charge >= 0.3 is 0 Å². The minimum absolute atomic E-state index is 0.0512. The van der Waals surface area contributed by atoms with Crippen LogP contribution in [0.3, 0.4) is 0 Å². The largest absolute Gasteiger partial charge is 0.507 e. The summed E-state index contributed by atoms with van der Waals surface area (Å²) in [7, 11) is 0. The molecule has 1 aromatic carbocycles. The van der Waals surface area contributed by atoms with Gasteiger partial charge in [0.15, 0.2) is 0 Å². The van der Waals surface area contributed by atoms with E-state index in [0.717, 1.165) is 0 Å². The maximum atomic E-state index is 11.2. The van der Waals surface area contributed by atoms with Crippen LogP contribution < -0.4 is 4.74 Å². The summed E-state index contributed by atoms with van der Waals surface area (Å²) >= 11 is 0. The maximum Gasteiger partial charge on any atom is 0.262 e. The first-order chi connectivity index (χ1) is 12.7. The predicted molar refractivity (Wildman–Crippen MR) is 91.3 cm³/mol. The molecule has 0 aliphatic rings. The standard InChI is InChI=1S/C18H15N3O5/c1-2-25-12-5-6-15(24)14(8-12)18-20-17(21-26-18)16-13(4-3-7-19-16)11(9-22)10-23/h2-9,11,23-24H,1,10H2. The Labute approximate surface area is 148 Å². The molecule has 1 atom stereocenters. The van der Waals surface area contributed by atoms with Gasteiger partial charge in [-0.3, -0.25) is 4.98 Å². The number of ether oxygens (including phenoxy) is 1. The van der Waals surface area contributed by atoms with Crippen LogP contribution in [0.1, 0.15) is 11.5 Å². The second kappa shape index (κ2) is 7.58. The lowest BCUT2D eigenvalue weighted by Crippen LogP contribution is -2.08. The Kier molecular flexibility index (Phi) is 5.04. The first-order valence-electron chi connectivity index (χ1n) is 7.64. The minimum atomic E-state index is -0.752. The first-order valence-corrected chi connectivity index (χ1v) is 7.64. The van der Waals surface area contributed by atoms with Gasteiger partial charge in [0.1, 0.15) is 23.5 Å². The van der Waals surface area contributed by atoms with Crippen molar-refractivity contribution in [3.63, 3.8) is 0 Å². The summed E-state index contributed by atoms with van der Waals surface area (Å²) in [6.45, 7) is 3.11. The third-order valence-electron chi connectivity index (χ3n) is 3.66. The molecule has 1 unspecified atom stereocenters. The van der Waals surface area contributed by atoms with E-state index >= 15 is 0 Å². The second-order valence-corrected chi connectivity index (χ2v) is 5.25. The van der Waals surface area contributed by atoms with E-state index in [0.29, 0.717) is 23.3 Å². The minimum Gasteiger partial charge on any atom is -0.507 e. The van der Waals surface area contributed by atoms with Crippen molar-refractivity contribution in [1.82, 2.24) is 15.1 Å².